The number of rotatable bonds is 8. The van der Waals surface area contributed by atoms with Crippen LogP contribution >= 0.6 is 27.3 Å². The van der Waals surface area contributed by atoms with Gasteiger partial charge in [0, 0.05) is 22.6 Å². The van der Waals surface area contributed by atoms with E-state index in [2.05, 4.69) is 58.0 Å². The summed E-state index contributed by atoms with van der Waals surface area (Å²) in [6, 6.07) is 8.84. The van der Waals surface area contributed by atoms with Crippen molar-refractivity contribution < 1.29 is 4.74 Å². The molecule has 0 aliphatic heterocycles. The van der Waals surface area contributed by atoms with Gasteiger partial charge >= 0.3 is 0 Å². The van der Waals surface area contributed by atoms with Gasteiger partial charge in [0.15, 0.2) is 0 Å². The van der Waals surface area contributed by atoms with Crippen LogP contribution in [0.2, 0.25) is 0 Å². The third-order valence-electron chi connectivity index (χ3n) is 3.25. The molecule has 1 aromatic heterocycles. The van der Waals surface area contributed by atoms with Crippen molar-refractivity contribution in [3.8, 4) is 5.75 Å². The standard InChI is InChI=1S/C17H22BrNOS/c1-3-7-20-17-5-4-16(18)10-15(17)11-19-13(2)9-14-6-8-21-12-14/h4-6,8,10,12-13,19H,3,7,9,11H2,1-2H3. The van der Waals surface area contributed by atoms with Crippen molar-refractivity contribution >= 4 is 27.3 Å². The van der Waals surface area contributed by atoms with Crippen LogP contribution in [0.25, 0.3) is 0 Å². The molecule has 0 aliphatic carbocycles. The Kier molecular flexibility index (Phi) is 6.74. The van der Waals surface area contributed by atoms with Crippen molar-refractivity contribution in [1.82, 2.24) is 5.32 Å². The van der Waals surface area contributed by atoms with Gasteiger partial charge in [0.25, 0.3) is 0 Å². The average Bonchev–Trinajstić information content (AvgIpc) is 2.97. The molecular weight excluding hydrogens is 346 g/mol. The van der Waals surface area contributed by atoms with Gasteiger partial charge in [-0.05, 0) is 60.4 Å². The van der Waals surface area contributed by atoms with Gasteiger partial charge in [-0.1, -0.05) is 22.9 Å². The fourth-order valence-electron chi connectivity index (χ4n) is 2.16. The first-order valence-electron chi connectivity index (χ1n) is 7.34. The fourth-order valence-corrected chi connectivity index (χ4v) is 3.25. The quantitative estimate of drug-likeness (QED) is 0.706. The summed E-state index contributed by atoms with van der Waals surface area (Å²) in [5.41, 5.74) is 2.60. The topological polar surface area (TPSA) is 21.3 Å². The molecule has 1 heterocycles. The maximum atomic E-state index is 5.82. The molecule has 114 valence electrons. The van der Waals surface area contributed by atoms with Crippen LogP contribution in [0.1, 0.15) is 31.4 Å². The maximum Gasteiger partial charge on any atom is 0.123 e. The lowest BCUT2D eigenvalue weighted by Crippen LogP contribution is -2.27. The molecule has 0 saturated carbocycles. The van der Waals surface area contributed by atoms with E-state index in [0.29, 0.717) is 6.04 Å². The minimum atomic E-state index is 0.442. The zero-order chi connectivity index (χ0) is 15.1. The molecule has 1 aromatic carbocycles. The van der Waals surface area contributed by atoms with Crippen LogP contribution in [0.5, 0.6) is 5.75 Å². The molecule has 1 atom stereocenters. The van der Waals surface area contributed by atoms with E-state index in [4.69, 9.17) is 4.74 Å². The fraction of sp³-hybridized carbons (Fsp3) is 0.412. The second-order valence-corrected chi connectivity index (χ2v) is 6.91. The van der Waals surface area contributed by atoms with Crippen LogP contribution in [-0.2, 0) is 13.0 Å². The van der Waals surface area contributed by atoms with Crippen LogP contribution in [0.4, 0.5) is 0 Å². The van der Waals surface area contributed by atoms with Gasteiger partial charge in [0.1, 0.15) is 5.75 Å². The van der Waals surface area contributed by atoms with E-state index < -0.39 is 0 Å². The second kappa shape index (κ2) is 8.57. The predicted octanol–water partition coefficient (Wildman–Crippen LogP) is 5.02. The number of benzene rings is 1. The molecule has 0 saturated heterocycles. The molecule has 1 N–H and O–H groups in total. The minimum absolute atomic E-state index is 0.442. The third-order valence-corrected chi connectivity index (χ3v) is 4.47. The highest BCUT2D eigenvalue weighted by Crippen LogP contribution is 2.23. The zero-order valence-corrected chi connectivity index (χ0v) is 15.0. The first-order valence-corrected chi connectivity index (χ1v) is 9.08. The van der Waals surface area contributed by atoms with E-state index in [1.807, 2.05) is 12.1 Å². The van der Waals surface area contributed by atoms with E-state index in [1.165, 1.54) is 11.1 Å². The molecule has 0 fully saturated rings. The highest BCUT2D eigenvalue weighted by atomic mass is 79.9. The van der Waals surface area contributed by atoms with Crippen LogP contribution in [0.15, 0.2) is 39.5 Å². The monoisotopic (exact) mass is 367 g/mol. The maximum absolute atomic E-state index is 5.82. The first-order chi connectivity index (χ1) is 10.2. The lowest BCUT2D eigenvalue weighted by molar-refractivity contribution is 0.312. The SMILES string of the molecule is CCCOc1ccc(Br)cc1CNC(C)Cc1ccsc1. The Morgan fingerprint density at radius 1 is 1.33 bits per heavy atom. The minimum Gasteiger partial charge on any atom is -0.493 e. The molecule has 1 unspecified atom stereocenters. The van der Waals surface area contributed by atoms with E-state index in [1.54, 1.807) is 11.3 Å². The number of nitrogens with one attached hydrogen (secondary N) is 1. The first kappa shape index (κ1) is 16.5. The number of hydrogen-bond acceptors (Lipinski definition) is 3. The van der Waals surface area contributed by atoms with Gasteiger partial charge in [-0.15, -0.1) is 0 Å². The van der Waals surface area contributed by atoms with Gasteiger partial charge < -0.3 is 10.1 Å². The van der Waals surface area contributed by atoms with Crippen molar-refractivity contribution in [2.45, 2.75) is 39.3 Å². The molecule has 0 bridgehead atoms. The molecule has 0 radical (unpaired) electrons. The van der Waals surface area contributed by atoms with Crippen molar-refractivity contribution in [2.24, 2.45) is 0 Å². The molecular formula is C17H22BrNOS. The molecule has 2 nitrogen and oxygen atoms in total. The lowest BCUT2D eigenvalue weighted by atomic mass is 10.1. The van der Waals surface area contributed by atoms with Gasteiger partial charge in [0.05, 0.1) is 6.61 Å². The molecule has 4 heteroatoms. The zero-order valence-electron chi connectivity index (χ0n) is 12.6. The van der Waals surface area contributed by atoms with Gasteiger partial charge in [-0.3, -0.25) is 0 Å². The van der Waals surface area contributed by atoms with Gasteiger partial charge in [0.2, 0.25) is 0 Å². The Bertz CT molecular complexity index is 542. The van der Waals surface area contributed by atoms with Crippen LogP contribution < -0.4 is 10.1 Å². The third kappa shape index (κ3) is 5.46. The summed E-state index contributed by atoms with van der Waals surface area (Å²) in [5, 5.41) is 7.93. The average molecular weight is 368 g/mol. The molecule has 2 aromatic rings. The second-order valence-electron chi connectivity index (χ2n) is 5.22. The molecule has 21 heavy (non-hydrogen) atoms. The summed E-state index contributed by atoms with van der Waals surface area (Å²) in [6.07, 6.45) is 2.08. The normalized spacial score (nSPS) is 12.3. The van der Waals surface area contributed by atoms with E-state index >= 15 is 0 Å². The van der Waals surface area contributed by atoms with E-state index in [0.717, 1.165) is 36.2 Å². The summed E-state index contributed by atoms with van der Waals surface area (Å²) in [5.74, 6) is 0.982. The predicted molar refractivity (Wildman–Crippen MR) is 94.3 cm³/mol. The number of thiophene rings is 1. The largest absolute Gasteiger partial charge is 0.493 e. The molecule has 0 amide bonds. The van der Waals surface area contributed by atoms with Crippen molar-refractivity contribution in [2.75, 3.05) is 6.61 Å². The summed E-state index contributed by atoms with van der Waals surface area (Å²) in [4.78, 5) is 0. The van der Waals surface area contributed by atoms with Crippen LogP contribution in [0.3, 0.4) is 0 Å². The van der Waals surface area contributed by atoms with Crippen LogP contribution in [-0.4, -0.2) is 12.6 Å². The smallest absolute Gasteiger partial charge is 0.123 e. The highest BCUT2D eigenvalue weighted by Gasteiger charge is 2.08. The summed E-state index contributed by atoms with van der Waals surface area (Å²) < 4.78 is 6.91. The molecule has 2 rings (SSSR count). The number of halogens is 1. The Balaban J connectivity index is 1.93. The van der Waals surface area contributed by atoms with E-state index in [9.17, 15) is 0 Å². The number of ether oxygens (including phenoxy) is 1. The number of hydrogen-bond donors (Lipinski definition) is 1. The summed E-state index contributed by atoms with van der Waals surface area (Å²) in [7, 11) is 0. The van der Waals surface area contributed by atoms with Crippen molar-refractivity contribution in [3.63, 3.8) is 0 Å². The van der Waals surface area contributed by atoms with Crippen molar-refractivity contribution in [3.05, 3.63) is 50.6 Å². The Labute approximate surface area is 139 Å². The van der Waals surface area contributed by atoms with Crippen LogP contribution in [0, 0.1) is 0 Å². The van der Waals surface area contributed by atoms with Crippen molar-refractivity contribution in [1.29, 1.82) is 0 Å². The Morgan fingerprint density at radius 3 is 2.90 bits per heavy atom. The Hall–Kier alpha value is -0.840. The highest BCUT2D eigenvalue weighted by molar-refractivity contribution is 9.10. The van der Waals surface area contributed by atoms with Gasteiger partial charge in [-0.2, -0.15) is 11.3 Å². The molecule has 0 spiro atoms. The Morgan fingerprint density at radius 2 is 2.19 bits per heavy atom. The van der Waals surface area contributed by atoms with E-state index in [-0.39, 0.29) is 0 Å². The van der Waals surface area contributed by atoms with Gasteiger partial charge in [-0.25, -0.2) is 0 Å². The summed E-state index contributed by atoms with van der Waals surface area (Å²) in [6.45, 7) is 5.94. The summed E-state index contributed by atoms with van der Waals surface area (Å²) >= 11 is 5.29. The molecule has 0 aliphatic rings. The lowest BCUT2D eigenvalue weighted by Gasteiger charge is -2.16.